The minimum absolute atomic E-state index is 0.241. The molecule has 0 spiro atoms. The molecule has 2 heteroatoms. The van der Waals surface area contributed by atoms with Gasteiger partial charge in [0, 0.05) is 16.6 Å². The summed E-state index contributed by atoms with van der Waals surface area (Å²) >= 11 is 6.55. The zero-order valence-corrected chi connectivity index (χ0v) is 15.7. The van der Waals surface area contributed by atoms with Gasteiger partial charge < -0.3 is 5.32 Å². The highest BCUT2D eigenvalue weighted by Gasteiger charge is 2.18. The van der Waals surface area contributed by atoms with E-state index in [0.717, 1.165) is 10.6 Å². The molecule has 2 fully saturated rings. The Morgan fingerprint density at radius 3 is 2.33 bits per heavy atom. The Morgan fingerprint density at radius 2 is 1.67 bits per heavy atom. The summed E-state index contributed by atoms with van der Waals surface area (Å²) in [4.78, 5) is 0. The van der Waals surface area contributed by atoms with E-state index in [1.807, 2.05) is 0 Å². The highest BCUT2D eigenvalue weighted by atomic mass is 35.5. The van der Waals surface area contributed by atoms with Crippen LogP contribution in [0.1, 0.15) is 88.2 Å². The maximum absolute atomic E-state index is 6.55. The Morgan fingerprint density at radius 1 is 1.00 bits per heavy atom. The first kappa shape index (κ1) is 17.8. The van der Waals surface area contributed by atoms with Crippen LogP contribution >= 0.6 is 11.6 Å². The summed E-state index contributed by atoms with van der Waals surface area (Å²) in [6.07, 6.45) is 13.3. The fraction of sp³-hybridized carbons (Fsp3) is 0.636. The molecule has 1 unspecified atom stereocenters. The lowest BCUT2D eigenvalue weighted by molar-refractivity contribution is 0.364. The van der Waals surface area contributed by atoms with Gasteiger partial charge in [0.05, 0.1) is 6.04 Å². The van der Waals surface area contributed by atoms with Crippen molar-refractivity contribution >= 4 is 11.6 Å². The number of nitrogens with one attached hydrogen (secondary N) is 1. The first-order valence-corrected chi connectivity index (χ1v) is 10.2. The third-order valence-electron chi connectivity index (χ3n) is 5.57. The molecule has 0 saturated heterocycles. The molecule has 2 aliphatic carbocycles. The van der Waals surface area contributed by atoms with Crippen LogP contribution in [0.4, 0.5) is 0 Å². The standard InChI is InChI=1S/C22H30ClN/c1-17(24-20-10-6-3-7-11-20)12-13-18-14-15-21(22(23)16-18)19-8-4-2-5-9-19/h14-17,19-20,24H,2-11H2,1H3. The average Bonchev–Trinajstić information content (AvgIpc) is 2.62. The lowest BCUT2D eigenvalue weighted by Gasteiger charge is -2.24. The second-order valence-electron chi connectivity index (χ2n) is 7.56. The van der Waals surface area contributed by atoms with Gasteiger partial charge in [0.15, 0.2) is 0 Å². The fourth-order valence-corrected chi connectivity index (χ4v) is 4.54. The van der Waals surface area contributed by atoms with Gasteiger partial charge in [0.1, 0.15) is 0 Å². The zero-order valence-electron chi connectivity index (χ0n) is 14.9. The zero-order chi connectivity index (χ0) is 16.8. The van der Waals surface area contributed by atoms with Crippen LogP contribution in [0.2, 0.25) is 5.02 Å². The van der Waals surface area contributed by atoms with Crippen molar-refractivity contribution in [3.05, 3.63) is 34.3 Å². The van der Waals surface area contributed by atoms with Crippen LogP contribution in [-0.2, 0) is 0 Å². The molecule has 3 rings (SSSR count). The van der Waals surface area contributed by atoms with E-state index in [1.165, 1.54) is 69.8 Å². The van der Waals surface area contributed by atoms with Crippen molar-refractivity contribution in [3.8, 4) is 11.8 Å². The Labute approximate surface area is 152 Å². The molecule has 2 saturated carbocycles. The summed E-state index contributed by atoms with van der Waals surface area (Å²) in [5, 5.41) is 4.56. The topological polar surface area (TPSA) is 12.0 Å². The molecule has 0 aromatic heterocycles. The average molecular weight is 344 g/mol. The van der Waals surface area contributed by atoms with Crippen LogP contribution in [0.15, 0.2) is 18.2 Å². The quantitative estimate of drug-likeness (QED) is 0.659. The van der Waals surface area contributed by atoms with Crippen molar-refractivity contribution in [2.24, 2.45) is 0 Å². The Bertz CT molecular complexity index is 586. The van der Waals surface area contributed by atoms with Crippen molar-refractivity contribution in [2.75, 3.05) is 0 Å². The van der Waals surface area contributed by atoms with Gasteiger partial charge in [-0.15, -0.1) is 0 Å². The molecule has 1 atom stereocenters. The van der Waals surface area contributed by atoms with Crippen LogP contribution in [0.3, 0.4) is 0 Å². The Hall–Kier alpha value is -0.970. The van der Waals surface area contributed by atoms with E-state index in [0.29, 0.717) is 12.0 Å². The first-order valence-electron chi connectivity index (χ1n) is 9.79. The van der Waals surface area contributed by atoms with Gasteiger partial charge in [-0.25, -0.2) is 0 Å². The van der Waals surface area contributed by atoms with Crippen molar-refractivity contribution in [2.45, 2.75) is 89.1 Å². The molecule has 1 N–H and O–H groups in total. The molecule has 0 bridgehead atoms. The molecular formula is C22H30ClN. The van der Waals surface area contributed by atoms with Gasteiger partial charge in [-0.1, -0.05) is 68.0 Å². The maximum Gasteiger partial charge on any atom is 0.0666 e. The Kier molecular flexibility index (Phi) is 6.64. The van der Waals surface area contributed by atoms with Crippen LogP contribution in [-0.4, -0.2) is 12.1 Å². The van der Waals surface area contributed by atoms with Crippen LogP contribution in [0.25, 0.3) is 0 Å². The number of benzene rings is 1. The smallest absolute Gasteiger partial charge is 0.0666 e. The van der Waals surface area contributed by atoms with Gasteiger partial charge in [0.25, 0.3) is 0 Å². The molecule has 130 valence electrons. The molecule has 0 aliphatic heterocycles. The van der Waals surface area contributed by atoms with E-state index >= 15 is 0 Å². The second kappa shape index (κ2) is 8.93. The minimum atomic E-state index is 0.241. The van der Waals surface area contributed by atoms with E-state index < -0.39 is 0 Å². The molecule has 24 heavy (non-hydrogen) atoms. The highest BCUT2D eigenvalue weighted by Crippen LogP contribution is 2.36. The summed E-state index contributed by atoms with van der Waals surface area (Å²) in [5.74, 6) is 7.31. The lowest BCUT2D eigenvalue weighted by Crippen LogP contribution is -2.36. The van der Waals surface area contributed by atoms with E-state index in [1.54, 1.807) is 0 Å². The van der Waals surface area contributed by atoms with Crippen LogP contribution < -0.4 is 5.32 Å². The summed E-state index contributed by atoms with van der Waals surface area (Å²) in [6, 6.07) is 7.31. The summed E-state index contributed by atoms with van der Waals surface area (Å²) < 4.78 is 0. The van der Waals surface area contributed by atoms with E-state index in [-0.39, 0.29) is 6.04 Å². The number of hydrogen-bond donors (Lipinski definition) is 1. The van der Waals surface area contributed by atoms with E-state index in [2.05, 4.69) is 42.3 Å². The summed E-state index contributed by atoms with van der Waals surface area (Å²) in [6.45, 7) is 2.17. The van der Waals surface area contributed by atoms with Gasteiger partial charge >= 0.3 is 0 Å². The molecule has 0 heterocycles. The van der Waals surface area contributed by atoms with Crippen molar-refractivity contribution < 1.29 is 0 Å². The largest absolute Gasteiger partial charge is 0.301 e. The van der Waals surface area contributed by atoms with Crippen molar-refractivity contribution in [1.82, 2.24) is 5.32 Å². The molecule has 2 aliphatic rings. The predicted molar refractivity (Wildman–Crippen MR) is 104 cm³/mol. The van der Waals surface area contributed by atoms with Crippen LogP contribution in [0, 0.1) is 11.8 Å². The number of rotatable bonds is 3. The van der Waals surface area contributed by atoms with E-state index in [4.69, 9.17) is 11.6 Å². The highest BCUT2D eigenvalue weighted by molar-refractivity contribution is 6.31. The lowest BCUT2D eigenvalue weighted by atomic mass is 9.84. The first-order chi connectivity index (χ1) is 11.7. The molecule has 0 radical (unpaired) electrons. The Balaban J connectivity index is 1.60. The third-order valence-corrected chi connectivity index (χ3v) is 5.90. The van der Waals surface area contributed by atoms with Gasteiger partial charge in [-0.3, -0.25) is 0 Å². The third kappa shape index (κ3) is 5.01. The second-order valence-corrected chi connectivity index (χ2v) is 7.97. The monoisotopic (exact) mass is 343 g/mol. The predicted octanol–water partition coefficient (Wildman–Crippen LogP) is 6.05. The number of halogens is 1. The normalized spacial score (nSPS) is 21.1. The van der Waals surface area contributed by atoms with Gasteiger partial charge in [-0.2, -0.15) is 0 Å². The maximum atomic E-state index is 6.55. The van der Waals surface area contributed by atoms with Crippen molar-refractivity contribution in [3.63, 3.8) is 0 Å². The van der Waals surface area contributed by atoms with E-state index in [9.17, 15) is 0 Å². The fourth-order valence-electron chi connectivity index (χ4n) is 4.21. The molecule has 1 aromatic carbocycles. The van der Waals surface area contributed by atoms with Gasteiger partial charge in [0.2, 0.25) is 0 Å². The molecule has 0 amide bonds. The van der Waals surface area contributed by atoms with Crippen LogP contribution in [0.5, 0.6) is 0 Å². The minimum Gasteiger partial charge on any atom is -0.301 e. The molecular weight excluding hydrogens is 314 g/mol. The SMILES string of the molecule is CC(C#Cc1ccc(C2CCCCC2)c(Cl)c1)NC1CCCCC1. The molecule has 1 nitrogen and oxygen atoms in total. The number of hydrogen-bond acceptors (Lipinski definition) is 1. The molecule has 1 aromatic rings. The van der Waals surface area contributed by atoms with Gasteiger partial charge in [-0.05, 0) is 56.2 Å². The summed E-state index contributed by atoms with van der Waals surface area (Å²) in [7, 11) is 0. The van der Waals surface area contributed by atoms with Crippen molar-refractivity contribution in [1.29, 1.82) is 0 Å². The summed E-state index contributed by atoms with van der Waals surface area (Å²) in [5.41, 5.74) is 2.37.